The molecule has 2 rings (SSSR count). The van der Waals surface area contributed by atoms with E-state index in [2.05, 4.69) is 9.71 Å². The Bertz CT molecular complexity index is 654. The Balaban J connectivity index is 2.28. The summed E-state index contributed by atoms with van der Waals surface area (Å²) in [5.74, 6) is -1.04. The number of hydrogen-bond donors (Lipinski definition) is 3. The molecule has 0 radical (unpaired) electrons. The number of H-pyrrole nitrogens is 1. The molecule has 0 unspecified atom stereocenters. The van der Waals surface area contributed by atoms with Crippen molar-refractivity contribution in [2.45, 2.75) is 42.4 Å². The molecule has 1 aliphatic carbocycles. The van der Waals surface area contributed by atoms with Gasteiger partial charge in [0.05, 0.1) is 6.42 Å². The minimum Gasteiger partial charge on any atom is -0.481 e. The Hall–Kier alpha value is -1.19. The average Bonchev–Trinajstić information content (AvgIpc) is 2.54. The predicted molar refractivity (Wildman–Crippen MR) is 68.8 cm³/mol. The number of aryl methyl sites for hydroxylation is 1. The summed E-state index contributed by atoms with van der Waals surface area (Å²) in [4.78, 5) is 23.9. The van der Waals surface area contributed by atoms with Crippen molar-refractivity contribution in [3.63, 3.8) is 0 Å². The van der Waals surface area contributed by atoms with Crippen LogP contribution in [0.15, 0.2) is 9.00 Å². The van der Waals surface area contributed by atoms with E-state index in [-0.39, 0.29) is 16.3 Å². The Morgan fingerprint density at radius 3 is 2.53 bits per heavy atom. The zero-order valence-electron chi connectivity index (χ0n) is 10.2. The maximum Gasteiger partial charge on any atom is 0.305 e. The first-order valence-corrected chi connectivity index (χ1v) is 8.00. The molecule has 1 saturated carbocycles. The Morgan fingerprint density at radius 1 is 1.53 bits per heavy atom. The van der Waals surface area contributed by atoms with E-state index in [0.717, 1.165) is 6.42 Å². The number of thiazole rings is 1. The number of rotatable bonds is 5. The lowest BCUT2D eigenvalue weighted by Gasteiger charge is -2.40. The zero-order valence-corrected chi connectivity index (χ0v) is 11.9. The predicted octanol–water partition coefficient (Wildman–Crippen LogP) is 0.421. The van der Waals surface area contributed by atoms with Gasteiger partial charge in [-0.3, -0.25) is 9.59 Å². The molecule has 1 fully saturated rings. The Morgan fingerprint density at radius 2 is 2.16 bits per heavy atom. The molecule has 106 valence electrons. The maximum atomic E-state index is 12.2. The number of aromatic nitrogens is 1. The van der Waals surface area contributed by atoms with E-state index in [4.69, 9.17) is 5.11 Å². The molecule has 3 N–H and O–H groups in total. The number of aliphatic carboxylic acids is 1. The molecule has 9 heteroatoms. The van der Waals surface area contributed by atoms with Gasteiger partial charge in [-0.2, -0.15) is 0 Å². The Labute approximate surface area is 113 Å². The zero-order chi connectivity index (χ0) is 14.3. The highest BCUT2D eigenvalue weighted by Crippen LogP contribution is 2.36. The van der Waals surface area contributed by atoms with Crippen LogP contribution >= 0.6 is 11.3 Å². The summed E-state index contributed by atoms with van der Waals surface area (Å²) in [7, 11) is -3.86. The van der Waals surface area contributed by atoms with Gasteiger partial charge in [-0.15, -0.1) is 0 Å². The number of aromatic amines is 1. The number of carboxylic acid groups (broad SMARTS) is 1. The third-order valence-electron chi connectivity index (χ3n) is 3.18. The SMILES string of the molecule is Cc1[nH]c(=O)sc1S(=O)(=O)NC1(CC(=O)O)CCC1. The van der Waals surface area contributed by atoms with Crippen LogP contribution in [0.3, 0.4) is 0 Å². The molecule has 1 heterocycles. The van der Waals surface area contributed by atoms with Gasteiger partial charge >= 0.3 is 10.8 Å². The van der Waals surface area contributed by atoms with E-state index in [1.54, 1.807) is 0 Å². The fourth-order valence-electron chi connectivity index (χ4n) is 2.19. The molecular formula is C10H14N2O5S2. The fraction of sp³-hybridized carbons (Fsp3) is 0.600. The molecule has 1 aromatic heterocycles. The molecule has 1 aromatic rings. The van der Waals surface area contributed by atoms with Crippen LogP contribution in [-0.2, 0) is 14.8 Å². The van der Waals surface area contributed by atoms with Gasteiger partial charge < -0.3 is 10.1 Å². The molecule has 7 nitrogen and oxygen atoms in total. The third kappa shape index (κ3) is 2.88. The van der Waals surface area contributed by atoms with E-state index in [1.807, 2.05) is 0 Å². The van der Waals surface area contributed by atoms with Crippen LogP contribution in [0, 0.1) is 6.92 Å². The molecule has 0 aliphatic heterocycles. The summed E-state index contributed by atoms with van der Waals surface area (Å²) < 4.78 is 26.8. The van der Waals surface area contributed by atoms with Gasteiger partial charge in [0.1, 0.15) is 0 Å². The first-order valence-electron chi connectivity index (χ1n) is 5.70. The number of carbonyl (C=O) groups is 1. The lowest BCUT2D eigenvalue weighted by Crippen LogP contribution is -2.54. The molecule has 19 heavy (non-hydrogen) atoms. The molecule has 0 aromatic carbocycles. The fourth-order valence-corrected chi connectivity index (χ4v) is 4.95. The second-order valence-electron chi connectivity index (χ2n) is 4.74. The highest BCUT2D eigenvalue weighted by molar-refractivity contribution is 7.91. The van der Waals surface area contributed by atoms with E-state index in [1.165, 1.54) is 6.92 Å². The molecule has 1 aliphatic rings. The monoisotopic (exact) mass is 306 g/mol. The van der Waals surface area contributed by atoms with Gasteiger partial charge in [-0.1, -0.05) is 11.3 Å². The van der Waals surface area contributed by atoms with Gasteiger partial charge in [-0.05, 0) is 26.2 Å². The van der Waals surface area contributed by atoms with Gasteiger partial charge in [0.15, 0.2) is 4.21 Å². The third-order valence-corrected chi connectivity index (χ3v) is 6.36. The second kappa shape index (κ2) is 4.73. The van der Waals surface area contributed by atoms with Crippen LogP contribution in [0.25, 0.3) is 0 Å². The van der Waals surface area contributed by atoms with Crippen molar-refractivity contribution in [2.75, 3.05) is 0 Å². The first-order chi connectivity index (χ1) is 8.74. The van der Waals surface area contributed by atoms with Crippen LogP contribution in [0.1, 0.15) is 31.4 Å². The highest BCUT2D eigenvalue weighted by Gasteiger charge is 2.43. The summed E-state index contributed by atoms with van der Waals surface area (Å²) in [5, 5.41) is 8.85. The normalized spacial score (nSPS) is 17.9. The summed E-state index contributed by atoms with van der Waals surface area (Å²) in [6, 6.07) is 0. The summed E-state index contributed by atoms with van der Waals surface area (Å²) >= 11 is 0.606. The summed E-state index contributed by atoms with van der Waals surface area (Å²) in [6.45, 7) is 1.50. The van der Waals surface area contributed by atoms with Gasteiger partial charge in [-0.25, -0.2) is 13.1 Å². The van der Waals surface area contributed by atoms with E-state index in [9.17, 15) is 18.0 Å². The van der Waals surface area contributed by atoms with Crippen molar-refractivity contribution in [1.29, 1.82) is 0 Å². The molecule has 0 bridgehead atoms. The number of hydrogen-bond acceptors (Lipinski definition) is 5. The molecule has 0 spiro atoms. The maximum absolute atomic E-state index is 12.2. The van der Waals surface area contributed by atoms with E-state index < -0.39 is 26.4 Å². The smallest absolute Gasteiger partial charge is 0.305 e. The number of sulfonamides is 1. The van der Waals surface area contributed by atoms with Gasteiger partial charge in [0.25, 0.3) is 10.0 Å². The van der Waals surface area contributed by atoms with Crippen molar-refractivity contribution < 1.29 is 18.3 Å². The summed E-state index contributed by atoms with van der Waals surface area (Å²) in [6.07, 6.45) is 1.54. The van der Waals surface area contributed by atoms with Crippen molar-refractivity contribution in [3.05, 3.63) is 15.4 Å². The lowest BCUT2D eigenvalue weighted by molar-refractivity contribution is -0.139. The van der Waals surface area contributed by atoms with Crippen molar-refractivity contribution in [1.82, 2.24) is 9.71 Å². The van der Waals surface area contributed by atoms with Crippen molar-refractivity contribution >= 4 is 27.3 Å². The quantitative estimate of drug-likeness (QED) is 0.729. The van der Waals surface area contributed by atoms with Crippen molar-refractivity contribution in [3.8, 4) is 0 Å². The Kier molecular flexibility index (Phi) is 3.54. The van der Waals surface area contributed by atoms with Gasteiger partial charge in [0, 0.05) is 11.2 Å². The average molecular weight is 306 g/mol. The molecule has 0 saturated heterocycles. The summed E-state index contributed by atoms with van der Waals surface area (Å²) in [5.41, 5.74) is -0.642. The van der Waals surface area contributed by atoms with Crippen LogP contribution in [0.2, 0.25) is 0 Å². The van der Waals surface area contributed by atoms with Gasteiger partial charge in [0.2, 0.25) is 0 Å². The van der Waals surface area contributed by atoms with E-state index in [0.29, 0.717) is 24.2 Å². The molecular weight excluding hydrogens is 292 g/mol. The molecule has 0 amide bonds. The van der Waals surface area contributed by atoms with Crippen LogP contribution in [0.5, 0.6) is 0 Å². The topological polar surface area (TPSA) is 116 Å². The largest absolute Gasteiger partial charge is 0.481 e. The van der Waals surface area contributed by atoms with Crippen molar-refractivity contribution in [2.24, 2.45) is 0 Å². The number of carboxylic acids is 1. The van der Waals surface area contributed by atoms with Crippen LogP contribution in [-0.4, -0.2) is 30.0 Å². The number of nitrogens with one attached hydrogen (secondary N) is 2. The minimum atomic E-state index is -3.86. The highest BCUT2D eigenvalue weighted by atomic mass is 32.2. The minimum absolute atomic E-state index is 0.0748. The lowest BCUT2D eigenvalue weighted by atomic mass is 9.75. The van der Waals surface area contributed by atoms with Crippen LogP contribution < -0.4 is 9.60 Å². The standard InChI is InChI=1S/C10H14N2O5S2/c1-6-8(18-9(15)11-6)19(16,17)12-10(3-2-4-10)5-7(13)14/h12H,2-5H2,1H3,(H,11,15)(H,13,14). The second-order valence-corrected chi connectivity index (χ2v) is 7.60. The van der Waals surface area contributed by atoms with Crippen LogP contribution in [0.4, 0.5) is 0 Å². The molecule has 0 atom stereocenters. The van der Waals surface area contributed by atoms with E-state index >= 15 is 0 Å². The first kappa shape index (κ1) is 14.2.